The minimum atomic E-state index is -3.29. The van der Waals surface area contributed by atoms with Crippen LogP contribution >= 0.6 is 0 Å². The van der Waals surface area contributed by atoms with E-state index in [0.29, 0.717) is 18.0 Å². The van der Waals surface area contributed by atoms with Crippen LogP contribution in [0.15, 0.2) is 29.2 Å². The molecule has 86 valence electrons. The van der Waals surface area contributed by atoms with Gasteiger partial charge in [0, 0.05) is 26.2 Å². The smallest absolute Gasteiger partial charge is 0.243 e. The van der Waals surface area contributed by atoms with Crippen molar-refractivity contribution in [3.8, 4) is 0 Å². The van der Waals surface area contributed by atoms with Gasteiger partial charge >= 0.3 is 0 Å². The van der Waals surface area contributed by atoms with Crippen molar-refractivity contribution in [2.24, 2.45) is 0 Å². The highest BCUT2D eigenvalue weighted by Gasteiger charge is 2.25. The second kappa shape index (κ2) is 4.57. The van der Waals surface area contributed by atoms with E-state index in [2.05, 4.69) is 5.32 Å². The average molecular weight is 238 g/mol. The SMILES string of the molecule is Bc1ccc(S(=O)(=O)N2CCNCC2)cc1. The zero-order valence-corrected chi connectivity index (χ0v) is 10.1. The zero-order valence-electron chi connectivity index (χ0n) is 9.31. The molecule has 1 aromatic rings. The summed E-state index contributed by atoms with van der Waals surface area (Å²) in [6.45, 7) is 2.56. The second-order valence-corrected chi connectivity index (χ2v) is 5.91. The summed E-state index contributed by atoms with van der Waals surface area (Å²) >= 11 is 0. The first-order chi connectivity index (χ1) is 7.60. The molecule has 0 spiro atoms. The molecule has 0 saturated carbocycles. The summed E-state index contributed by atoms with van der Waals surface area (Å²) in [6.07, 6.45) is 0. The molecule has 2 rings (SSSR count). The lowest BCUT2D eigenvalue weighted by atomic mass is 9.97. The van der Waals surface area contributed by atoms with Crippen LogP contribution in [-0.2, 0) is 10.0 Å². The Morgan fingerprint density at radius 2 is 1.69 bits per heavy atom. The van der Waals surface area contributed by atoms with E-state index < -0.39 is 10.0 Å². The number of piperazine rings is 1. The fourth-order valence-electron chi connectivity index (χ4n) is 1.74. The van der Waals surface area contributed by atoms with Gasteiger partial charge in [-0.25, -0.2) is 8.42 Å². The van der Waals surface area contributed by atoms with Crippen LogP contribution in [0.2, 0.25) is 0 Å². The molecule has 1 aliphatic heterocycles. The first-order valence-corrected chi connectivity index (χ1v) is 6.82. The monoisotopic (exact) mass is 238 g/mol. The first-order valence-electron chi connectivity index (χ1n) is 5.38. The number of nitrogens with zero attached hydrogens (tertiary/aromatic N) is 1. The molecule has 16 heavy (non-hydrogen) atoms. The lowest BCUT2D eigenvalue weighted by Crippen LogP contribution is -2.46. The molecule has 6 heteroatoms. The maximum absolute atomic E-state index is 12.2. The van der Waals surface area contributed by atoms with Crippen molar-refractivity contribution in [1.29, 1.82) is 0 Å². The number of rotatable bonds is 2. The van der Waals surface area contributed by atoms with Gasteiger partial charge in [0.05, 0.1) is 4.90 Å². The quantitative estimate of drug-likeness (QED) is 0.640. The Morgan fingerprint density at radius 3 is 2.25 bits per heavy atom. The Hall–Kier alpha value is -0.845. The maximum atomic E-state index is 12.2. The number of sulfonamides is 1. The van der Waals surface area contributed by atoms with Crippen LogP contribution in [-0.4, -0.2) is 46.7 Å². The van der Waals surface area contributed by atoms with E-state index in [0.717, 1.165) is 18.6 Å². The van der Waals surface area contributed by atoms with E-state index in [9.17, 15) is 8.42 Å². The third kappa shape index (κ3) is 2.29. The molecule has 0 bridgehead atoms. The molecule has 1 fully saturated rings. The topological polar surface area (TPSA) is 49.4 Å². The predicted molar refractivity (Wildman–Crippen MR) is 66.2 cm³/mol. The highest BCUT2D eigenvalue weighted by atomic mass is 32.2. The number of hydrogen-bond donors (Lipinski definition) is 1. The van der Waals surface area contributed by atoms with Gasteiger partial charge in [0.15, 0.2) is 0 Å². The molecule has 0 atom stereocenters. The number of hydrogen-bond acceptors (Lipinski definition) is 3. The largest absolute Gasteiger partial charge is 0.314 e. The van der Waals surface area contributed by atoms with Gasteiger partial charge in [-0.1, -0.05) is 17.6 Å². The van der Waals surface area contributed by atoms with Gasteiger partial charge in [-0.2, -0.15) is 4.31 Å². The fourth-order valence-corrected chi connectivity index (χ4v) is 3.19. The van der Waals surface area contributed by atoms with Crippen molar-refractivity contribution in [1.82, 2.24) is 9.62 Å². The van der Waals surface area contributed by atoms with E-state index in [1.165, 1.54) is 4.31 Å². The van der Waals surface area contributed by atoms with E-state index in [-0.39, 0.29) is 0 Å². The van der Waals surface area contributed by atoms with Crippen LogP contribution in [0.1, 0.15) is 0 Å². The molecule has 0 amide bonds. The minimum Gasteiger partial charge on any atom is -0.314 e. The van der Waals surface area contributed by atoms with E-state index in [1.807, 2.05) is 20.0 Å². The Morgan fingerprint density at radius 1 is 1.12 bits per heavy atom. The van der Waals surface area contributed by atoms with Crippen LogP contribution in [0.4, 0.5) is 0 Å². The van der Waals surface area contributed by atoms with Gasteiger partial charge in [0.2, 0.25) is 10.0 Å². The summed E-state index contributed by atoms with van der Waals surface area (Å²) in [5.74, 6) is 0. The zero-order chi connectivity index (χ0) is 11.6. The molecule has 0 radical (unpaired) electrons. The third-order valence-corrected chi connectivity index (χ3v) is 4.65. The minimum absolute atomic E-state index is 0.389. The fraction of sp³-hybridized carbons (Fsp3) is 0.400. The summed E-state index contributed by atoms with van der Waals surface area (Å²) in [5.41, 5.74) is 1.07. The molecule has 1 aliphatic rings. The molecule has 0 aromatic heterocycles. The molecule has 1 heterocycles. The Labute approximate surface area is 97.1 Å². The van der Waals surface area contributed by atoms with E-state index in [1.54, 1.807) is 12.1 Å². The van der Waals surface area contributed by atoms with E-state index >= 15 is 0 Å². The lowest BCUT2D eigenvalue weighted by Gasteiger charge is -2.26. The van der Waals surface area contributed by atoms with Crippen molar-refractivity contribution in [3.05, 3.63) is 24.3 Å². The molecule has 1 saturated heterocycles. The maximum Gasteiger partial charge on any atom is 0.243 e. The van der Waals surface area contributed by atoms with Crippen molar-refractivity contribution in [3.63, 3.8) is 0 Å². The summed E-state index contributed by atoms with van der Waals surface area (Å²) in [4.78, 5) is 0.389. The van der Waals surface area contributed by atoms with Crippen LogP contribution in [0.25, 0.3) is 0 Å². The highest BCUT2D eigenvalue weighted by molar-refractivity contribution is 7.89. The normalized spacial score (nSPS) is 18.5. The summed E-state index contributed by atoms with van der Waals surface area (Å²) in [5, 5.41) is 3.14. The highest BCUT2D eigenvalue weighted by Crippen LogP contribution is 2.14. The van der Waals surface area contributed by atoms with E-state index in [4.69, 9.17) is 0 Å². The molecule has 1 aromatic carbocycles. The van der Waals surface area contributed by atoms with Crippen molar-refractivity contribution < 1.29 is 8.42 Å². The molecule has 1 N–H and O–H groups in total. The molecular weight excluding hydrogens is 223 g/mol. The van der Waals surface area contributed by atoms with Crippen LogP contribution < -0.4 is 10.8 Å². The van der Waals surface area contributed by atoms with Crippen molar-refractivity contribution in [2.45, 2.75) is 4.90 Å². The van der Waals surface area contributed by atoms with Crippen molar-refractivity contribution >= 4 is 23.3 Å². The summed E-state index contributed by atoms with van der Waals surface area (Å²) in [6, 6.07) is 7.00. The second-order valence-electron chi connectivity index (χ2n) is 3.97. The average Bonchev–Trinajstić information content (AvgIpc) is 2.31. The van der Waals surface area contributed by atoms with Crippen LogP contribution in [0.5, 0.6) is 0 Å². The molecular formula is C10H15BN2O2S. The van der Waals surface area contributed by atoms with Crippen LogP contribution in [0, 0.1) is 0 Å². The Kier molecular flexibility index (Phi) is 3.32. The van der Waals surface area contributed by atoms with Gasteiger partial charge in [-0.05, 0) is 12.1 Å². The third-order valence-electron chi connectivity index (χ3n) is 2.73. The van der Waals surface area contributed by atoms with Gasteiger partial charge in [-0.3, -0.25) is 0 Å². The van der Waals surface area contributed by atoms with Gasteiger partial charge in [-0.15, -0.1) is 0 Å². The number of nitrogens with one attached hydrogen (secondary N) is 1. The predicted octanol–water partition coefficient (Wildman–Crippen LogP) is -1.46. The van der Waals surface area contributed by atoms with Crippen molar-refractivity contribution in [2.75, 3.05) is 26.2 Å². The van der Waals surface area contributed by atoms with Gasteiger partial charge < -0.3 is 5.32 Å². The summed E-state index contributed by atoms with van der Waals surface area (Å²) in [7, 11) is -1.34. The molecule has 4 nitrogen and oxygen atoms in total. The lowest BCUT2D eigenvalue weighted by molar-refractivity contribution is 0.360. The Balaban J connectivity index is 2.27. The summed E-state index contributed by atoms with van der Waals surface area (Å²) < 4.78 is 25.9. The Bertz CT molecular complexity index is 452. The van der Waals surface area contributed by atoms with Gasteiger partial charge in [0.1, 0.15) is 7.85 Å². The van der Waals surface area contributed by atoms with Gasteiger partial charge in [0.25, 0.3) is 0 Å². The molecule has 0 unspecified atom stereocenters. The molecule has 0 aliphatic carbocycles. The van der Waals surface area contributed by atoms with Crippen LogP contribution in [0.3, 0.4) is 0 Å². The first kappa shape index (κ1) is 11.6. The standard InChI is InChI=1S/C10H15BN2O2S/c11-9-1-3-10(4-2-9)16(14,15)13-7-5-12-6-8-13/h1-4,12H,5-8,11H2. The number of benzene rings is 1.